The van der Waals surface area contributed by atoms with Crippen molar-refractivity contribution in [2.24, 2.45) is 5.92 Å². The fourth-order valence-corrected chi connectivity index (χ4v) is 2.73. The van der Waals surface area contributed by atoms with Crippen LogP contribution in [0.2, 0.25) is 0 Å². The lowest BCUT2D eigenvalue weighted by Crippen LogP contribution is -2.26. The van der Waals surface area contributed by atoms with Gasteiger partial charge in [0.1, 0.15) is 0 Å². The molecule has 1 atom stereocenters. The van der Waals surface area contributed by atoms with Gasteiger partial charge >= 0.3 is 0 Å². The number of hydrogen-bond donors (Lipinski definition) is 2. The highest BCUT2D eigenvalue weighted by Crippen LogP contribution is 2.30. The van der Waals surface area contributed by atoms with Crippen molar-refractivity contribution in [1.82, 2.24) is 5.32 Å². The van der Waals surface area contributed by atoms with Crippen molar-refractivity contribution in [3.05, 3.63) is 65.2 Å². The molecule has 2 aromatic rings. The van der Waals surface area contributed by atoms with Crippen LogP contribution < -0.4 is 10.6 Å². The molecule has 0 radical (unpaired) electrons. The lowest BCUT2D eigenvalue weighted by Gasteiger charge is -2.15. The van der Waals surface area contributed by atoms with Gasteiger partial charge in [-0.3, -0.25) is 9.59 Å². The maximum absolute atomic E-state index is 12.4. The predicted molar refractivity (Wildman–Crippen MR) is 101 cm³/mol. The van der Waals surface area contributed by atoms with Crippen LogP contribution in [0, 0.1) is 5.92 Å². The van der Waals surface area contributed by atoms with Crippen molar-refractivity contribution in [2.75, 3.05) is 12.4 Å². The molecule has 26 heavy (non-hydrogen) atoms. The monoisotopic (exact) mass is 352 g/mol. The Labute approximate surface area is 153 Å². The first-order chi connectivity index (χ1) is 12.6. The average molecular weight is 352 g/mol. The zero-order valence-corrected chi connectivity index (χ0v) is 15.1. The van der Waals surface area contributed by atoms with Gasteiger partial charge in [0.2, 0.25) is 5.91 Å². The largest absolute Gasteiger partial charge is 0.380 e. The number of anilines is 1. The van der Waals surface area contributed by atoms with Gasteiger partial charge < -0.3 is 15.4 Å². The quantitative estimate of drug-likeness (QED) is 0.799. The normalized spacial score (nSPS) is 14.5. The fourth-order valence-electron chi connectivity index (χ4n) is 2.73. The van der Waals surface area contributed by atoms with Crippen molar-refractivity contribution >= 4 is 17.5 Å². The van der Waals surface area contributed by atoms with Gasteiger partial charge in [0.25, 0.3) is 5.91 Å². The van der Waals surface area contributed by atoms with Crippen LogP contribution in [0.5, 0.6) is 0 Å². The van der Waals surface area contributed by atoms with Gasteiger partial charge in [0.15, 0.2) is 0 Å². The minimum Gasteiger partial charge on any atom is -0.380 e. The van der Waals surface area contributed by atoms with E-state index >= 15 is 0 Å². The second kappa shape index (κ2) is 8.15. The maximum atomic E-state index is 12.4. The molecular weight excluding hydrogens is 328 g/mol. The molecule has 0 bridgehead atoms. The molecular formula is C21H24N2O3. The Morgan fingerprint density at radius 3 is 2.31 bits per heavy atom. The van der Waals surface area contributed by atoms with Crippen LogP contribution in [0.3, 0.4) is 0 Å². The third kappa shape index (κ3) is 4.70. The van der Waals surface area contributed by atoms with Crippen LogP contribution in [-0.4, -0.2) is 18.9 Å². The summed E-state index contributed by atoms with van der Waals surface area (Å²) in [5, 5.41) is 5.91. The van der Waals surface area contributed by atoms with Crippen LogP contribution >= 0.6 is 0 Å². The number of hydrogen-bond acceptors (Lipinski definition) is 3. The van der Waals surface area contributed by atoms with E-state index in [2.05, 4.69) is 10.6 Å². The Bertz CT molecular complexity index is 765. The predicted octanol–water partition coefficient (Wildman–Crippen LogP) is 3.67. The first-order valence-electron chi connectivity index (χ1n) is 8.86. The van der Waals surface area contributed by atoms with E-state index in [1.165, 1.54) is 0 Å². The van der Waals surface area contributed by atoms with Crippen molar-refractivity contribution < 1.29 is 14.3 Å². The number of nitrogens with one attached hydrogen (secondary N) is 2. The summed E-state index contributed by atoms with van der Waals surface area (Å²) in [4.78, 5) is 24.2. The Balaban J connectivity index is 1.57. The van der Waals surface area contributed by atoms with Crippen molar-refractivity contribution in [3.8, 4) is 0 Å². The van der Waals surface area contributed by atoms with E-state index in [1.807, 2.05) is 43.3 Å². The molecule has 3 rings (SSSR count). The summed E-state index contributed by atoms with van der Waals surface area (Å²) in [5.74, 6) is 0.159. The van der Waals surface area contributed by atoms with Crippen LogP contribution in [0.1, 0.15) is 47.3 Å². The lowest BCUT2D eigenvalue weighted by atomic mass is 10.1. The Morgan fingerprint density at radius 1 is 1.08 bits per heavy atom. The molecule has 1 fully saturated rings. The molecule has 2 N–H and O–H groups in total. The van der Waals surface area contributed by atoms with Crippen LogP contribution in [0.4, 0.5) is 5.69 Å². The van der Waals surface area contributed by atoms with Gasteiger partial charge in [-0.05, 0) is 55.2 Å². The number of benzene rings is 2. The Kier molecular flexibility index (Phi) is 5.68. The van der Waals surface area contributed by atoms with Crippen LogP contribution in [0.15, 0.2) is 48.5 Å². The number of carbonyl (C=O) groups excluding carboxylic acids is 2. The third-order valence-corrected chi connectivity index (χ3v) is 4.50. The fraction of sp³-hybridized carbons (Fsp3) is 0.333. The standard InChI is InChI=1S/C21H24N2O3/c1-14(22-20(24)17-5-3-15(4-6-17)13-26-2)16-9-11-19(12-10-16)23-21(25)18-7-8-18/h3-6,9-12,14,18H,7-8,13H2,1-2H3,(H,22,24)(H,23,25). The topological polar surface area (TPSA) is 67.4 Å². The minimum absolute atomic E-state index is 0.0935. The van der Waals surface area contributed by atoms with Crippen LogP contribution in [0.25, 0.3) is 0 Å². The summed E-state index contributed by atoms with van der Waals surface area (Å²) in [6, 6.07) is 14.8. The Morgan fingerprint density at radius 2 is 1.73 bits per heavy atom. The Hall–Kier alpha value is -2.66. The summed E-state index contributed by atoms with van der Waals surface area (Å²) in [6.07, 6.45) is 1.97. The summed E-state index contributed by atoms with van der Waals surface area (Å²) in [5.41, 5.74) is 3.42. The molecule has 2 aromatic carbocycles. The molecule has 1 saturated carbocycles. The highest BCUT2D eigenvalue weighted by Gasteiger charge is 2.29. The number of amides is 2. The highest BCUT2D eigenvalue weighted by atomic mass is 16.5. The average Bonchev–Trinajstić information content (AvgIpc) is 3.48. The van der Waals surface area contributed by atoms with Crippen molar-refractivity contribution in [1.29, 1.82) is 0 Å². The zero-order valence-electron chi connectivity index (χ0n) is 15.1. The van der Waals surface area contributed by atoms with E-state index in [-0.39, 0.29) is 23.8 Å². The molecule has 1 aliphatic rings. The van der Waals surface area contributed by atoms with Crippen molar-refractivity contribution in [2.45, 2.75) is 32.4 Å². The zero-order chi connectivity index (χ0) is 18.5. The van der Waals surface area contributed by atoms with E-state index in [4.69, 9.17) is 4.74 Å². The molecule has 0 saturated heterocycles. The molecule has 2 amide bonds. The summed E-state index contributed by atoms with van der Waals surface area (Å²) >= 11 is 0. The number of ether oxygens (including phenoxy) is 1. The van der Waals surface area contributed by atoms with E-state index in [1.54, 1.807) is 19.2 Å². The van der Waals surface area contributed by atoms with Gasteiger partial charge in [-0.1, -0.05) is 24.3 Å². The SMILES string of the molecule is COCc1ccc(C(=O)NC(C)c2ccc(NC(=O)C3CC3)cc2)cc1. The molecule has 0 aliphatic heterocycles. The molecule has 0 heterocycles. The van der Waals surface area contributed by atoms with E-state index in [0.717, 1.165) is 29.7 Å². The van der Waals surface area contributed by atoms with E-state index < -0.39 is 0 Å². The molecule has 5 nitrogen and oxygen atoms in total. The molecule has 1 aliphatic carbocycles. The van der Waals surface area contributed by atoms with Crippen LogP contribution in [-0.2, 0) is 16.1 Å². The summed E-state index contributed by atoms with van der Waals surface area (Å²) < 4.78 is 5.07. The maximum Gasteiger partial charge on any atom is 0.251 e. The summed E-state index contributed by atoms with van der Waals surface area (Å²) in [7, 11) is 1.64. The van der Waals surface area contributed by atoms with Gasteiger partial charge in [-0.25, -0.2) is 0 Å². The minimum atomic E-state index is -0.130. The first kappa shape index (κ1) is 18.1. The third-order valence-electron chi connectivity index (χ3n) is 4.50. The van der Waals surface area contributed by atoms with Gasteiger partial charge in [0, 0.05) is 24.3 Å². The molecule has 0 spiro atoms. The van der Waals surface area contributed by atoms with E-state index in [0.29, 0.717) is 12.2 Å². The second-order valence-corrected chi connectivity index (χ2v) is 6.71. The number of carbonyl (C=O) groups is 2. The smallest absolute Gasteiger partial charge is 0.251 e. The van der Waals surface area contributed by atoms with E-state index in [9.17, 15) is 9.59 Å². The number of methoxy groups -OCH3 is 1. The first-order valence-corrected chi connectivity index (χ1v) is 8.86. The molecule has 0 aromatic heterocycles. The highest BCUT2D eigenvalue weighted by molar-refractivity contribution is 5.95. The second-order valence-electron chi connectivity index (χ2n) is 6.71. The van der Waals surface area contributed by atoms with Crippen molar-refractivity contribution in [3.63, 3.8) is 0 Å². The van der Waals surface area contributed by atoms with Gasteiger partial charge in [0.05, 0.1) is 12.6 Å². The molecule has 136 valence electrons. The van der Waals surface area contributed by atoms with Gasteiger partial charge in [-0.15, -0.1) is 0 Å². The molecule has 5 heteroatoms. The number of rotatable bonds is 7. The molecule has 1 unspecified atom stereocenters. The lowest BCUT2D eigenvalue weighted by molar-refractivity contribution is -0.117. The summed E-state index contributed by atoms with van der Waals surface area (Å²) in [6.45, 7) is 2.47. The van der Waals surface area contributed by atoms with Gasteiger partial charge in [-0.2, -0.15) is 0 Å².